The standard InChI is InChI=1S/C10H13NO5S/c1-7(12)6-11-17(15,16)9-4-2-3-8(5-9)10(13)14/h2-5,7,11-12H,6H2,1H3,(H,13,14)/t7-/m1/s1. The van der Waals surface area contributed by atoms with Crippen LogP contribution < -0.4 is 4.72 Å². The molecule has 0 aromatic heterocycles. The summed E-state index contributed by atoms with van der Waals surface area (Å²) in [5, 5.41) is 17.7. The van der Waals surface area contributed by atoms with Gasteiger partial charge in [0.25, 0.3) is 0 Å². The molecule has 0 aliphatic heterocycles. The van der Waals surface area contributed by atoms with Crippen molar-refractivity contribution in [2.75, 3.05) is 6.54 Å². The number of benzene rings is 1. The van der Waals surface area contributed by atoms with Crippen LogP contribution in [0.3, 0.4) is 0 Å². The molecule has 94 valence electrons. The van der Waals surface area contributed by atoms with E-state index in [9.17, 15) is 13.2 Å². The number of sulfonamides is 1. The van der Waals surface area contributed by atoms with Gasteiger partial charge in [-0.2, -0.15) is 0 Å². The summed E-state index contributed by atoms with van der Waals surface area (Å²) in [6, 6.07) is 5.00. The predicted molar refractivity (Wildman–Crippen MR) is 60.3 cm³/mol. The zero-order chi connectivity index (χ0) is 13.1. The van der Waals surface area contributed by atoms with Crippen LogP contribution in [0.25, 0.3) is 0 Å². The van der Waals surface area contributed by atoms with Gasteiger partial charge >= 0.3 is 5.97 Å². The molecule has 0 spiro atoms. The molecule has 0 unspecified atom stereocenters. The molecule has 0 aliphatic carbocycles. The quantitative estimate of drug-likeness (QED) is 0.693. The zero-order valence-electron chi connectivity index (χ0n) is 9.12. The summed E-state index contributed by atoms with van der Waals surface area (Å²) in [5.41, 5.74) is -0.107. The summed E-state index contributed by atoms with van der Waals surface area (Å²) in [7, 11) is -3.78. The van der Waals surface area contributed by atoms with Crippen molar-refractivity contribution in [2.24, 2.45) is 0 Å². The van der Waals surface area contributed by atoms with E-state index in [0.29, 0.717) is 0 Å². The van der Waals surface area contributed by atoms with Crippen LogP contribution in [-0.2, 0) is 10.0 Å². The molecule has 0 radical (unpaired) electrons. The van der Waals surface area contributed by atoms with Crippen molar-refractivity contribution in [2.45, 2.75) is 17.9 Å². The van der Waals surface area contributed by atoms with Gasteiger partial charge < -0.3 is 10.2 Å². The highest BCUT2D eigenvalue weighted by Gasteiger charge is 2.16. The molecule has 0 saturated heterocycles. The number of carboxylic acids is 1. The van der Waals surface area contributed by atoms with Crippen LogP contribution in [0.5, 0.6) is 0 Å². The largest absolute Gasteiger partial charge is 0.478 e. The number of aliphatic hydroxyl groups is 1. The first-order chi connectivity index (χ1) is 7.83. The Morgan fingerprint density at radius 1 is 1.47 bits per heavy atom. The lowest BCUT2D eigenvalue weighted by Gasteiger charge is -2.08. The van der Waals surface area contributed by atoms with E-state index in [-0.39, 0.29) is 17.0 Å². The van der Waals surface area contributed by atoms with E-state index < -0.39 is 22.1 Å². The number of carboxylic acid groups (broad SMARTS) is 1. The lowest BCUT2D eigenvalue weighted by atomic mass is 10.2. The molecule has 0 amide bonds. The van der Waals surface area contributed by atoms with Crippen LogP contribution in [0.4, 0.5) is 0 Å². The van der Waals surface area contributed by atoms with Gasteiger partial charge in [-0.3, -0.25) is 0 Å². The topological polar surface area (TPSA) is 104 Å². The lowest BCUT2D eigenvalue weighted by Crippen LogP contribution is -2.30. The Labute approximate surface area is 99.0 Å². The minimum absolute atomic E-state index is 0.107. The summed E-state index contributed by atoms with van der Waals surface area (Å²) in [6.07, 6.45) is -0.813. The Kier molecular flexibility index (Phi) is 4.22. The number of aromatic carboxylic acids is 1. The third-order valence-corrected chi connectivity index (χ3v) is 3.38. The van der Waals surface area contributed by atoms with Crippen molar-refractivity contribution >= 4 is 16.0 Å². The van der Waals surface area contributed by atoms with Crippen molar-refractivity contribution in [3.05, 3.63) is 29.8 Å². The zero-order valence-corrected chi connectivity index (χ0v) is 9.94. The van der Waals surface area contributed by atoms with Gasteiger partial charge in [0.2, 0.25) is 10.0 Å². The van der Waals surface area contributed by atoms with E-state index in [4.69, 9.17) is 10.2 Å². The lowest BCUT2D eigenvalue weighted by molar-refractivity contribution is 0.0696. The predicted octanol–water partition coefficient (Wildman–Crippen LogP) is 0.0439. The van der Waals surface area contributed by atoms with Gasteiger partial charge in [0.15, 0.2) is 0 Å². The number of rotatable bonds is 5. The summed E-state index contributed by atoms with van der Waals surface area (Å²) < 4.78 is 25.6. The summed E-state index contributed by atoms with van der Waals surface area (Å²) in [6.45, 7) is 1.32. The number of aliphatic hydroxyl groups excluding tert-OH is 1. The third-order valence-electron chi connectivity index (χ3n) is 1.96. The van der Waals surface area contributed by atoms with Crippen LogP contribution >= 0.6 is 0 Å². The van der Waals surface area contributed by atoms with Gasteiger partial charge in [0.05, 0.1) is 16.6 Å². The van der Waals surface area contributed by atoms with Gasteiger partial charge in [-0.15, -0.1) is 0 Å². The maximum Gasteiger partial charge on any atom is 0.335 e. The van der Waals surface area contributed by atoms with Gasteiger partial charge in [-0.05, 0) is 25.1 Å². The molecule has 1 atom stereocenters. The van der Waals surface area contributed by atoms with Gasteiger partial charge in [0.1, 0.15) is 0 Å². The monoisotopic (exact) mass is 259 g/mol. The van der Waals surface area contributed by atoms with E-state index in [0.717, 1.165) is 6.07 Å². The van der Waals surface area contributed by atoms with Gasteiger partial charge in [-0.25, -0.2) is 17.9 Å². The Hall–Kier alpha value is -1.44. The highest BCUT2D eigenvalue weighted by molar-refractivity contribution is 7.89. The maximum atomic E-state index is 11.7. The highest BCUT2D eigenvalue weighted by Crippen LogP contribution is 2.11. The van der Waals surface area contributed by atoms with E-state index in [1.807, 2.05) is 0 Å². The third kappa shape index (κ3) is 3.81. The molecule has 1 aromatic rings. The molecular formula is C10H13NO5S. The molecule has 6 nitrogen and oxygen atoms in total. The Bertz CT molecular complexity index is 509. The smallest absolute Gasteiger partial charge is 0.335 e. The van der Waals surface area contributed by atoms with Crippen molar-refractivity contribution in [3.8, 4) is 0 Å². The van der Waals surface area contributed by atoms with Crippen LogP contribution in [-0.4, -0.2) is 37.2 Å². The maximum absolute atomic E-state index is 11.7. The fourth-order valence-electron chi connectivity index (χ4n) is 1.11. The van der Waals surface area contributed by atoms with E-state index in [1.54, 1.807) is 0 Å². The summed E-state index contributed by atoms with van der Waals surface area (Å²) >= 11 is 0. The Morgan fingerprint density at radius 2 is 2.12 bits per heavy atom. The first-order valence-corrected chi connectivity index (χ1v) is 6.32. The summed E-state index contributed by atoms with van der Waals surface area (Å²) in [5.74, 6) is -1.20. The minimum Gasteiger partial charge on any atom is -0.478 e. The first-order valence-electron chi connectivity index (χ1n) is 4.84. The Morgan fingerprint density at radius 3 is 2.65 bits per heavy atom. The molecule has 17 heavy (non-hydrogen) atoms. The first kappa shape index (κ1) is 13.6. The van der Waals surface area contributed by atoms with Crippen molar-refractivity contribution in [3.63, 3.8) is 0 Å². The number of carbonyl (C=O) groups is 1. The van der Waals surface area contributed by atoms with Crippen LogP contribution in [0, 0.1) is 0 Å². The second-order valence-corrected chi connectivity index (χ2v) is 5.30. The normalized spacial score (nSPS) is 13.3. The molecule has 0 aliphatic rings. The van der Waals surface area contributed by atoms with Crippen molar-refractivity contribution in [1.29, 1.82) is 0 Å². The van der Waals surface area contributed by atoms with Crippen LogP contribution in [0.2, 0.25) is 0 Å². The molecule has 3 N–H and O–H groups in total. The van der Waals surface area contributed by atoms with E-state index in [1.165, 1.54) is 25.1 Å². The highest BCUT2D eigenvalue weighted by atomic mass is 32.2. The van der Waals surface area contributed by atoms with Crippen molar-refractivity contribution in [1.82, 2.24) is 4.72 Å². The van der Waals surface area contributed by atoms with Gasteiger partial charge in [-0.1, -0.05) is 6.07 Å². The molecule has 0 saturated carbocycles. The SMILES string of the molecule is C[C@@H](O)CNS(=O)(=O)c1cccc(C(=O)O)c1. The molecule has 0 heterocycles. The number of nitrogens with one attached hydrogen (secondary N) is 1. The van der Waals surface area contributed by atoms with Gasteiger partial charge in [0, 0.05) is 6.54 Å². The van der Waals surface area contributed by atoms with Crippen LogP contribution in [0.15, 0.2) is 29.2 Å². The van der Waals surface area contributed by atoms with Crippen LogP contribution in [0.1, 0.15) is 17.3 Å². The fourth-order valence-corrected chi connectivity index (χ4v) is 2.28. The second kappa shape index (κ2) is 5.26. The van der Waals surface area contributed by atoms with E-state index in [2.05, 4.69) is 4.72 Å². The second-order valence-electron chi connectivity index (χ2n) is 3.53. The molecule has 7 heteroatoms. The number of hydrogen-bond donors (Lipinski definition) is 3. The minimum atomic E-state index is -3.78. The molecule has 0 bridgehead atoms. The number of hydrogen-bond acceptors (Lipinski definition) is 4. The van der Waals surface area contributed by atoms with Crippen molar-refractivity contribution < 1.29 is 23.4 Å². The summed E-state index contributed by atoms with van der Waals surface area (Å²) in [4.78, 5) is 10.6. The average Bonchev–Trinajstić information content (AvgIpc) is 2.27. The molecule has 1 aromatic carbocycles. The molecule has 1 rings (SSSR count). The molecule has 0 fully saturated rings. The average molecular weight is 259 g/mol. The Balaban J connectivity index is 2.99. The molecular weight excluding hydrogens is 246 g/mol. The fraction of sp³-hybridized carbons (Fsp3) is 0.300. The van der Waals surface area contributed by atoms with E-state index >= 15 is 0 Å².